The van der Waals surface area contributed by atoms with Crippen molar-refractivity contribution in [1.82, 2.24) is 10.2 Å². The van der Waals surface area contributed by atoms with Crippen LogP contribution >= 0.6 is 0 Å². The predicted octanol–water partition coefficient (Wildman–Crippen LogP) is 2.14. The fourth-order valence-electron chi connectivity index (χ4n) is 3.40. The summed E-state index contributed by atoms with van der Waals surface area (Å²) in [5, 5.41) is 3.48. The van der Waals surface area contributed by atoms with Gasteiger partial charge in [0.1, 0.15) is 0 Å². The van der Waals surface area contributed by atoms with Crippen LogP contribution in [0.4, 0.5) is 0 Å². The Balaban J connectivity index is 1.99. The second-order valence-electron chi connectivity index (χ2n) is 5.79. The van der Waals surface area contributed by atoms with Crippen LogP contribution in [0.5, 0.6) is 0 Å². The summed E-state index contributed by atoms with van der Waals surface area (Å²) >= 11 is 0. The summed E-state index contributed by atoms with van der Waals surface area (Å²) in [6.07, 6.45) is 5.70. The zero-order chi connectivity index (χ0) is 13.8. The molecule has 0 spiro atoms. The molecular weight excluding hydrogens is 240 g/mol. The lowest BCUT2D eigenvalue weighted by atomic mass is 9.98. The SMILES string of the molecule is CCCC1NC(CC)N(CC2CCOC2CC)C1=O. The van der Waals surface area contributed by atoms with Crippen molar-refractivity contribution in [2.24, 2.45) is 5.92 Å². The second kappa shape index (κ2) is 6.71. The summed E-state index contributed by atoms with van der Waals surface area (Å²) in [6.45, 7) is 8.17. The first-order chi connectivity index (χ1) is 9.21. The standard InChI is InChI=1S/C15H28N2O2/c1-4-7-12-15(18)17(14(6-3)16-12)10-11-8-9-19-13(11)5-2/h11-14,16H,4-10H2,1-3H3. The van der Waals surface area contributed by atoms with Crippen LogP contribution in [-0.2, 0) is 9.53 Å². The lowest BCUT2D eigenvalue weighted by Crippen LogP contribution is -2.41. The first-order valence-electron chi connectivity index (χ1n) is 7.89. The van der Waals surface area contributed by atoms with Crippen molar-refractivity contribution in [2.75, 3.05) is 13.2 Å². The molecule has 2 rings (SSSR count). The van der Waals surface area contributed by atoms with Gasteiger partial charge in [0, 0.05) is 19.1 Å². The highest BCUT2D eigenvalue weighted by molar-refractivity contribution is 5.84. The molecule has 2 aliphatic heterocycles. The van der Waals surface area contributed by atoms with E-state index in [2.05, 4.69) is 31.0 Å². The third-order valence-corrected chi connectivity index (χ3v) is 4.49. The lowest BCUT2D eigenvalue weighted by molar-refractivity contribution is -0.131. The number of nitrogens with one attached hydrogen (secondary N) is 1. The summed E-state index contributed by atoms with van der Waals surface area (Å²) in [4.78, 5) is 14.5. The Hall–Kier alpha value is -0.610. The summed E-state index contributed by atoms with van der Waals surface area (Å²) in [5.41, 5.74) is 0. The quantitative estimate of drug-likeness (QED) is 0.802. The van der Waals surface area contributed by atoms with Crippen LogP contribution in [0.3, 0.4) is 0 Å². The Morgan fingerprint density at radius 1 is 1.32 bits per heavy atom. The van der Waals surface area contributed by atoms with E-state index in [0.29, 0.717) is 17.9 Å². The van der Waals surface area contributed by atoms with Crippen molar-refractivity contribution in [3.8, 4) is 0 Å². The third-order valence-electron chi connectivity index (χ3n) is 4.49. The van der Waals surface area contributed by atoms with E-state index in [9.17, 15) is 4.79 Å². The van der Waals surface area contributed by atoms with E-state index >= 15 is 0 Å². The summed E-state index contributed by atoms with van der Waals surface area (Å²) < 4.78 is 5.75. The average molecular weight is 268 g/mol. The molecule has 4 heteroatoms. The van der Waals surface area contributed by atoms with Gasteiger partial charge in [-0.15, -0.1) is 0 Å². The average Bonchev–Trinajstić information content (AvgIpc) is 2.98. The van der Waals surface area contributed by atoms with Crippen molar-refractivity contribution >= 4 is 5.91 Å². The Kier molecular flexibility index (Phi) is 5.22. The molecule has 0 bridgehead atoms. The van der Waals surface area contributed by atoms with Crippen LogP contribution in [0.1, 0.15) is 52.9 Å². The highest BCUT2D eigenvalue weighted by atomic mass is 16.5. The molecule has 0 aliphatic carbocycles. The molecule has 1 N–H and O–H groups in total. The maximum absolute atomic E-state index is 12.5. The van der Waals surface area contributed by atoms with Gasteiger partial charge in [0.2, 0.25) is 5.91 Å². The summed E-state index contributed by atoms with van der Waals surface area (Å²) in [5.74, 6) is 0.820. The van der Waals surface area contributed by atoms with E-state index in [0.717, 1.165) is 45.3 Å². The summed E-state index contributed by atoms with van der Waals surface area (Å²) in [6, 6.07) is 0.0392. The largest absolute Gasteiger partial charge is 0.378 e. The van der Waals surface area contributed by atoms with E-state index in [1.165, 1.54) is 0 Å². The smallest absolute Gasteiger partial charge is 0.241 e. The van der Waals surface area contributed by atoms with Crippen LogP contribution in [0, 0.1) is 5.92 Å². The number of ether oxygens (including phenoxy) is 1. The van der Waals surface area contributed by atoms with E-state index in [1.54, 1.807) is 0 Å². The maximum Gasteiger partial charge on any atom is 0.241 e. The number of hydrogen-bond acceptors (Lipinski definition) is 3. The highest BCUT2D eigenvalue weighted by Crippen LogP contribution is 2.27. The van der Waals surface area contributed by atoms with E-state index in [4.69, 9.17) is 4.74 Å². The normalized spacial score (nSPS) is 35.3. The van der Waals surface area contributed by atoms with Gasteiger partial charge in [-0.1, -0.05) is 27.2 Å². The van der Waals surface area contributed by atoms with Gasteiger partial charge in [0.25, 0.3) is 0 Å². The molecule has 110 valence electrons. The topological polar surface area (TPSA) is 41.6 Å². The van der Waals surface area contributed by atoms with Crippen molar-refractivity contribution in [2.45, 2.75) is 71.2 Å². The molecule has 0 aromatic rings. The van der Waals surface area contributed by atoms with Gasteiger partial charge in [0.15, 0.2) is 0 Å². The van der Waals surface area contributed by atoms with Gasteiger partial charge < -0.3 is 9.64 Å². The zero-order valence-corrected chi connectivity index (χ0v) is 12.5. The van der Waals surface area contributed by atoms with E-state index in [-0.39, 0.29) is 12.2 Å². The minimum atomic E-state index is 0.0392. The van der Waals surface area contributed by atoms with Crippen LogP contribution in [0.15, 0.2) is 0 Å². The second-order valence-corrected chi connectivity index (χ2v) is 5.79. The number of rotatable bonds is 6. The van der Waals surface area contributed by atoms with Crippen LogP contribution in [0.2, 0.25) is 0 Å². The van der Waals surface area contributed by atoms with Gasteiger partial charge in [-0.2, -0.15) is 0 Å². The Morgan fingerprint density at radius 3 is 2.74 bits per heavy atom. The predicted molar refractivity (Wildman–Crippen MR) is 75.8 cm³/mol. The lowest BCUT2D eigenvalue weighted by Gasteiger charge is -2.28. The van der Waals surface area contributed by atoms with Crippen molar-refractivity contribution < 1.29 is 9.53 Å². The summed E-state index contributed by atoms with van der Waals surface area (Å²) in [7, 11) is 0. The van der Waals surface area contributed by atoms with Crippen LogP contribution in [-0.4, -0.2) is 42.3 Å². The zero-order valence-electron chi connectivity index (χ0n) is 12.5. The van der Waals surface area contributed by atoms with Crippen molar-refractivity contribution in [3.05, 3.63) is 0 Å². The minimum Gasteiger partial charge on any atom is -0.378 e. The van der Waals surface area contributed by atoms with Gasteiger partial charge in [0.05, 0.1) is 18.3 Å². The first kappa shape index (κ1) is 14.8. The molecule has 4 nitrogen and oxygen atoms in total. The molecule has 2 heterocycles. The van der Waals surface area contributed by atoms with Gasteiger partial charge in [-0.05, 0) is 25.7 Å². The van der Waals surface area contributed by atoms with Gasteiger partial charge >= 0.3 is 0 Å². The highest BCUT2D eigenvalue weighted by Gasteiger charge is 2.40. The van der Waals surface area contributed by atoms with Gasteiger partial charge in [-0.3, -0.25) is 10.1 Å². The van der Waals surface area contributed by atoms with Gasteiger partial charge in [-0.25, -0.2) is 0 Å². The number of carbonyl (C=O) groups excluding carboxylic acids is 1. The molecule has 4 unspecified atom stereocenters. The van der Waals surface area contributed by atoms with Crippen molar-refractivity contribution in [3.63, 3.8) is 0 Å². The van der Waals surface area contributed by atoms with Crippen molar-refractivity contribution in [1.29, 1.82) is 0 Å². The maximum atomic E-state index is 12.5. The third kappa shape index (κ3) is 3.11. The minimum absolute atomic E-state index is 0.0392. The van der Waals surface area contributed by atoms with Crippen LogP contribution in [0.25, 0.3) is 0 Å². The molecule has 4 atom stereocenters. The Bertz CT molecular complexity index is 309. The molecule has 0 aromatic heterocycles. The molecule has 0 saturated carbocycles. The number of nitrogens with zero attached hydrogens (tertiary/aromatic N) is 1. The number of hydrogen-bond donors (Lipinski definition) is 1. The molecule has 1 amide bonds. The first-order valence-corrected chi connectivity index (χ1v) is 7.89. The molecule has 2 fully saturated rings. The molecular formula is C15H28N2O2. The fourth-order valence-corrected chi connectivity index (χ4v) is 3.40. The van der Waals surface area contributed by atoms with E-state index < -0.39 is 0 Å². The Morgan fingerprint density at radius 2 is 2.11 bits per heavy atom. The Labute approximate surface area is 116 Å². The molecule has 2 aliphatic rings. The molecule has 0 aromatic carbocycles. The number of carbonyl (C=O) groups is 1. The molecule has 0 radical (unpaired) electrons. The number of amides is 1. The molecule has 2 saturated heterocycles. The molecule has 19 heavy (non-hydrogen) atoms. The monoisotopic (exact) mass is 268 g/mol. The van der Waals surface area contributed by atoms with Crippen LogP contribution < -0.4 is 5.32 Å². The fraction of sp³-hybridized carbons (Fsp3) is 0.933. The van der Waals surface area contributed by atoms with E-state index in [1.807, 2.05) is 0 Å².